The van der Waals surface area contributed by atoms with E-state index < -0.39 is 17.6 Å². The summed E-state index contributed by atoms with van der Waals surface area (Å²) in [5.41, 5.74) is 1.00. The van der Waals surface area contributed by atoms with E-state index in [4.69, 9.17) is 4.42 Å². The van der Waals surface area contributed by atoms with Crippen LogP contribution in [0.5, 0.6) is 5.75 Å². The van der Waals surface area contributed by atoms with Crippen LogP contribution in [0.25, 0.3) is 11.0 Å². The van der Waals surface area contributed by atoms with E-state index in [1.54, 1.807) is 19.1 Å². The molecule has 2 bridgehead atoms. The summed E-state index contributed by atoms with van der Waals surface area (Å²) in [5.74, 6) is 2.32. The third-order valence-corrected chi connectivity index (χ3v) is 7.46. The number of carbonyl (C=O) groups excluding carboxylic acids is 1. The molecule has 5 rings (SSSR count). The van der Waals surface area contributed by atoms with Gasteiger partial charge in [-0.1, -0.05) is 6.42 Å². The molecule has 4 nitrogen and oxygen atoms in total. The number of benzene rings is 2. The zero-order chi connectivity index (χ0) is 23.3. The summed E-state index contributed by atoms with van der Waals surface area (Å²) in [4.78, 5) is 13.1. The predicted molar refractivity (Wildman–Crippen MR) is 119 cm³/mol. The maximum Gasteiger partial charge on any atom is 0.416 e. The third kappa shape index (κ3) is 4.09. The van der Waals surface area contributed by atoms with Crippen molar-refractivity contribution in [1.29, 1.82) is 0 Å². The number of hydrogen-bond donors (Lipinski definition) is 2. The summed E-state index contributed by atoms with van der Waals surface area (Å²) in [5, 5.41) is 13.9. The van der Waals surface area contributed by atoms with Gasteiger partial charge in [-0.25, -0.2) is 0 Å². The number of aromatic hydroxyl groups is 1. The maximum absolute atomic E-state index is 13.1. The molecule has 3 unspecified atom stereocenters. The van der Waals surface area contributed by atoms with E-state index in [1.165, 1.54) is 37.8 Å². The van der Waals surface area contributed by atoms with Gasteiger partial charge in [0.1, 0.15) is 17.1 Å². The van der Waals surface area contributed by atoms with Gasteiger partial charge in [0, 0.05) is 16.6 Å². The van der Waals surface area contributed by atoms with Crippen molar-refractivity contribution in [3.05, 3.63) is 58.8 Å². The van der Waals surface area contributed by atoms with Crippen molar-refractivity contribution in [2.75, 3.05) is 5.32 Å². The Labute approximate surface area is 189 Å². The second-order valence-electron chi connectivity index (χ2n) is 9.47. The lowest BCUT2D eigenvalue weighted by Gasteiger charge is -2.21. The van der Waals surface area contributed by atoms with E-state index in [2.05, 4.69) is 5.32 Å². The van der Waals surface area contributed by atoms with Crippen molar-refractivity contribution in [3.63, 3.8) is 0 Å². The lowest BCUT2D eigenvalue weighted by atomic mass is 9.84. The van der Waals surface area contributed by atoms with Crippen LogP contribution in [0.3, 0.4) is 0 Å². The molecule has 2 N–H and O–H groups in total. The van der Waals surface area contributed by atoms with E-state index in [0.29, 0.717) is 40.2 Å². The van der Waals surface area contributed by atoms with Crippen LogP contribution in [0.2, 0.25) is 0 Å². The molecule has 2 aromatic carbocycles. The number of phenolic OH excluding ortho intramolecular Hbond substituents is 1. The number of anilines is 1. The highest BCUT2D eigenvalue weighted by Gasteiger charge is 2.39. The summed E-state index contributed by atoms with van der Waals surface area (Å²) < 4.78 is 44.3. The minimum atomic E-state index is -4.44. The molecule has 0 aliphatic heterocycles. The molecule has 2 saturated carbocycles. The fourth-order valence-electron chi connectivity index (χ4n) is 5.89. The predicted octanol–water partition coefficient (Wildman–Crippen LogP) is 7.09. The zero-order valence-corrected chi connectivity index (χ0v) is 18.3. The first kappa shape index (κ1) is 21.9. The molecule has 1 heterocycles. The van der Waals surface area contributed by atoms with Crippen molar-refractivity contribution in [1.82, 2.24) is 0 Å². The van der Waals surface area contributed by atoms with Gasteiger partial charge in [-0.05, 0) is 93.2 Å². The summed E-state index contributed by atoms with van der Waals surface area (Å²) in [6.45, 7) is 1.68. The average Bonchev–Trinajstić information content (AvgIpc) is 3.46. The number of fused-ring (bicyclic) bond motifs is 3. The Morgan fingerprint density at radius 3 is 2.52 bits per heavy atom. The van der Waals surface area contributed by atoms with Gasteiger partial charge < -0.3 is 14.8 Å². The standard InChI is InChI=1S/C26H26F3NO3/c1-14-23(25(32)30-19-7-5-18(6-8-19)26(27,28)29)24-20(21(31)10-11-22(24)33-14)9-4-17-13-15-2-3-16(17)12-15/h5-8,10-11,15-17,31H,2-4,9,12-13H2,1H3,(H,30,32). The first-order valence-electron chi connectivity index (χ1n) is 11.4. The minimum absolute atomic E-state index is 0.134. The van der Waals surface area contributed by atoms with Crippen LogP contribution >= 0.6 is 0 Å². The number of carbonyl (C=O) groups is 1. The second kappa shape index (κ2) is 8.12. The second-order valence-corrected chi connectivity index (χ2v) is 9.47. The molecule has 2 fully saturated rings. The monoisotopic (exact) mass is 457 g/mol. The zero-order valence-electron chi connectivity index (χ0n) is 18.3. The fourth-order valence-corrected chi connectivity index (χ4v) is 5.89. The number of rotatable bonds is 5. The molecule has 3 aromatic rings. The van der Waals surface area contributed by atoms with E-state index in [1.807, 2.05) is 0 Å². The van der Waals surface area contributed by atoms with Crippen molar-refractivity contribution >= 4 is 22.6 Å². The molecule has 7 heteroatoms. The van der Waals surface area contributed by atoms with E-state index in [9.17, 15) is 23.1 Å². The van der Waals surface area contributed by atoms with Crippen LogP contribution in [-0.2, 0) is 12.6 Å². The topological polar surface area (TPSA) is 62.5 Å². The molecule has 0 radical (unpaired) electrons. The van der Waals surface area contributed by atoms with Crippen LogP contribution in [0.4, 0.5) is 18.9 Å². The SMILES string of the molecule is Cc1oc2ccc(O)c(CCC3CC4CCC3C4)c2c1C(=O)Nc1ccc(C(F)(F)F)cc1. The molecule has 0 saturated heterocycles. The van der Waals surface area contributed by atoms with Gasteiger partial charge in [-0.15, -0.1) is 0 Å². The number of alkyl halides is 3. The smallest absolute Gasteiger partial charge is 0.416 e. The highest BCUT2D eigenvalue weighted by atomic mass is 19.4. The van der Waals surface area contributed by atoms with Gasteiger partial charge in [-0.3, -0.25) is 4.79 Å². The quantitative estimate of drug-likeness (QED) is 0.430. The lowest BCUT2D eigenvalue weighted by Crippen LogP contribution is -2.14. The first-order chi connectivity index (χ1) is 15.7. The first-order valence-corrected chi connectivity index (χ1v) is 11.4. The van der Waals surface area contributed by atoms with Gasteiger partial charge >= 0.3 is 6.18 Å². The van der Waals surface area contributed by atoms with Crippen LogP contribution in [0, 0.1) is 24.7 Å². The summed E-state index contributed by atoms with van der Waals surface area (Å²) in [6.07, 6.45) is 2.34. The molecule has 0 spiro atoms. The highest BCUT2D eigenvalue weighted by molar-refractivity contribution is 6.14. The molecule has 1 amide bonds. The van der Waals surface area contributed by atoms with Gasteiger partial charge in [0.15, 0.2) is 0 Å². The van der Waals surface area contributed by atoms with Crippen LogP contribution < -0.4 is 5.32 Å². The fraction of sp³-hybridized carbons (Fsp3) is 0.423. The number of aryl methyl sites for hydroxylation is 2. The molecular formula is C26H26F3NO3. The Morgan fingerprint density at radius 2 is 1.88 bits per heavy atom. The van der Waals surface area contributed by atoms with Crippen LogP contribution in [0.15, 0.2) is 40.8 Å². The Morgan fingerprint density at radius 1 is 1.12 bits per heavy atom. The molecule has 2 aliphatic carbocycles. The largest absolute Gasteiger partial charge is 0.508 e. The average molecular weight is 457 g/mol. The maximum atomic E-state index is 13.1. The molecule has 1 aromatic heterocycles. The summed E-state index contributed by atoms with van der Waals surface area (Å²) >= 11 is 0. The van der Waals surface area contributed by atoms with Crippen molar-refractivity contribution in [3.8, 4) is 5.75 Å². The summed E-state index contributed by atoms with van der Waals surface area (Å²) in [7, 11) is 0. The molecule has 3 atom stereocenters. The van der Waals surface area contributed by atoms with Crippen molar-refractivity contribution < 1.29 is 27.5 Å². The van der Waals surface area contributed by atoms with E-state index >= 15 is 0 Å². The highest BCUT2D eigenvalue weighted by Crippen LogP contribution is 2.50. The molecule has 33 heavy (non-hydrogen) atoms. The molecular weight excluding hydrogens is 431 g/mol. The van der Waals surface area contributed by atoms with Gasteiger partial charge in [0.05, 0.1) is 11.1 Å². The van der Waals surface area contributed by atoms with E-state index in [-0.39, 0.29) is 11.4 Å². The molecule has 2 aliphatic rings. The van der Waals surface area contributed by atoms with Crippen molar-refractivity contribution in [2.45, 2.75) is 51.6 Å². The Kier molecular flexibility index (Phi) is 5.38. The number of halogens is 3. The van der Waals surface area contributed by atoms with Crippen LogP contribution in [-0.4, -0.2) is 11.0 Å². The summed E-state index contributed by atoms with van der Waals surface area (Å²) in [6, 6.07) is 7.56. The Bertz CT molecular complexity index is 1200. The van der Waals surface area contributed by atoms with Gasteiger partial charge in [0.2, 0.25) is 0 Å². The van der Waals surface area contributed by atoms with Gasteiger partial charge in [-0.2, -0.15) is 13.2 Å². The third-order valence-electron chi connectivity index (χ3n) is 7.46. The number of amides is 1. The number of phenols is 1. The molecule has 174 valence electrons. The normalized spacial score (nSPS) is 22.2. The number of hydrogen-bond acceptors (Lipinski definition) is 3. The number of nitrogens with one attached hydrogen (secondary N) is 1. The minimum Gasteiger partial charge on any atom is -0.508 e. The van der Waals surface area contributed by atoms with Gasteiger partial charge in [0.25, 0.3) is 5.91 Å². The number of furan rings is 1. The Hall–Kier alpha value is -2.96. The van der Waals surface area contributed by atoms with E-state index in [0.717, 1.165) is 30.4 Å². The lowest BCUT2D eigenvalue weighted by molar-refractivity contribution is -0.137. The van der Waals surface area contributed by atoms with Crippen LogP contribution in [0.1, 0.15) is 59.3 Å². The van der Waals surface area contributed by atoms with Crippen molar-refractivity contribution in [2.24, 2.45) is 17.8 Å². The Balaban J connectivity index is 1.42.